The predicted molar refractivity (Wildman–Crippen MR) is 105 cm³/mol. The zero-order valence-electron chi connectivity index (χ0n) is 15.1. The molecular weight excluding hydrogens is 382 g/mol. The van der Waals surface area contributed by atoms with Crippen molar-refractivity contribution >= 4 is 44.8 Å². The van der Waals surface area contributed by atoms with E-state index in [4.69, 9.17) is 11.6 Å². The number of para-hydroxylation sites is 1. The molecule has 1 fully saturated rings. The first-order valence-corrected chi connectivity index (χ1v) is 9.96. The summed E-state index contributed by atoms with van der Waals surface area (Å²) >= 11 is 7.38. The monoisotopic (exact) mass is 399 g/mol. The number of benzene rings is 1. The second-order valence-corrected chi connectivity index (χ2v) is 9.63. The van der Waals surface area contributed by atoms with Crippen molar-refractivity contribution in [2.24, 2.45) is 10.8 Å². The van der Waals surface area contributed by atoms with Gasteiger partial charge in [-0.05, 0) is 25.0 Å². The quantitative estimate of drug-likeness (QED) is 0.719. The van der Waals surface area contributed by atoms with Gasteiger partial charge in [0.2, 0.25) is 0 Å². The Hall–Kier alpha value is -2.23. The third kappa shape index (κ3) is 2.95. The first-order valence-electron chi connectivity index (χ1n) is 8.77. The number of nitrogens with zero attached hydrogens (tertiary/aromatic N) is 3. The van der Waals surface area contributed by atoms with Crippen LogP contribution in [0.1, 0.15) is 37.0 Å². The summed E-state index contributed by atoms with van der Waals surface area (Å²) in [5.74, 6) is -0.191. The van der Waals surface area contributed by atoms with Gasteiger partial charge in [0.1, 0.15) is 6.07 Å². The summed E-state index contributed by atoms with van der Waals surface area (Å²) in [4.78, 5) is 31.7. The number of carbonyl (C=O) groups excluding carboxylic acids is 2. The second-order valence-electron chi connectivity index (χ2n) is 8.02. The zero-order chi connectivity index (χ0) is 19.4. The van der Waals surface area contributed by atoms with Crippen LogP contribution in [-0.4, -0.2) is 34.7 Å². The molecule has 1 atom stereocenters. The van der Waals surface area contributed by atoms with Gasteiger partial charge in [-0.1, -0.05) is 37.6 Å². The van der Waals surface area contributed by atoms with Crippen LogP contribution in [0.2, 0.25) is 4.47 Å². The molecule has 2 aliphatic rings. The first-order chi connectivity index (χ1) is 12.7. The normalized spacial score (nSPS) is 24.3. The molecule has 1 aliphatic heterocycles. The van der Waals surface area contributed by atoms with E-state index in [2.05, 4.69) is 4.98 Å². The molecule has 0 unspecified atom stereocenters. The Balaban J connectivity index is 1.66. The number of amides is 1. The van der Waals surface area contributed by atoms with E-state index in [1.807, 2.05) is 32.0 Å². The molecule has 2 heterocycles. The molecule has 27 heavy (non-hydrogen) atoms. The van der Waals surface area contributed by atoms with E-state index in [9.17, 15) is 14.9 Å². The van der Waals surface area contributed by atoms with Crippen molar-refractivity contribution < 1.29 is 9.59 Å². The highest BCUT2D eigenvalue weighted by molar-refractivity contribution is 7.22. The summed E-state index contributed by atoms with van der Waals surface area (Å²) in [5.41, 5.74) is 0.468. The fourth-order valence-corrected chi connectivity index (χ4v) is 5.48. The Bertz CT molecular complexity index is 1050. The van der Waals surface area contributed by atoms with Crippen LogP contribution < -0.4 is 0 Å². The minimum Gasteiger partial charge on any atom is -0.338 e. The van der Waals surface area contributed by atoms with E-state index in [-0.39, 0.29) is 22.7 Å². The number of likely N-dealkylation sites (tertiary alicyclic amines) is 1. The summed E-state index contributed by atoms with van der Waals surface area (Å²) in [5, 5.41) is 9.37. The molecule has 1 aromatic carbocycles. The molecule has 0 N–H and O–H groups in total. The summed E-state index contributed by atoms with van der Waals surface area (Å²) in [6.45, 7) is 4.85. The molecule has 0 saturated carbocycles. The largest absolute Gasteiger partial charge is 0.338 e. The molecule has 1 aromatic heterocycles. The zero-order valence-corrected chi connectivity index (χ0v) is 16.7. The lowest BCUT2D eigenvalue weighted by atomic mass is 9.64. The molecule has 138 valence electrons. The number of allylic oxidation sites excluding steroid dienone is 1. The van der Waals surface area contributed by atoms with Gasteiger partial charge in [0.15, 0.2) is 10.3 Å². The van der Waals surface area contributed by atoms with Gasteiger partial charge in [-0.2, -0.15) is 5.26 Å². The van der Waals surface area contributed by atoms with Crippen LogP contribution in [0.15, 0.2) is 29.8 Å². The van der Waals surface area contributed by atoms with Crippen LogP contribution in [0.25, 0.3) is 10.2 Å². The van der Waals surface area contributed by atoms with Crippen LogP contribution in [0.4, 0.5) is 0 Å². The number of rotatable bonds is 1. The molecule has 0 bridgehead atoms. The number of fused-ring (bicyclic) bond motifs is 1. The van der Waals surface area contributed by atoms with E-state index in [0.29, 0.717) is 35.1 Å². The average molecular weight is 400 g/mol. The smallest absolute Gasteiger partial charge is 0.256 e. The Morgan fingerprint density at radius 2 is 2.19 bits per heavy atom. The minimum atomic E-state index is -0.596. The summed E-state index contributed by atoms with van der Waals surface area (Å²) in [6.07, 6.45) is 3.18. The van der Waals surface area contributed by atoms with E-state index in [1.165, 1.54) is 11.3 Å². The lowest BCUT2D eigenvalue weighted by Crippen LogP contribution is -2.40. The van der Waals surface area contributed by atoms with E-state index in [1.54, 1.807) is 17.0 Å². The molecule has 1 aliphatic carbocycles. The van der Waals surface area contributed by atoms with E-state index >= 15 is 0 Å². The van der Waals surface area contributed by atoms with Gasteiger partial charge in [-0.15, -0.1) is 11.3 Å². The van der Waals surface area contributed by atoms with Gasteiger partial charge < -0.3 is 4.90 Å². The molecular formula is C20H18ClN3O2S. The Kier molecular flexibility index (Phi) is 4.13. The summed E-state index contributed by atoms with van der Waals surface area (Å²) in [6, 6.07) is 7.56. The van der Waals surface area contributed by atoms with Crippen molar-refractivity contribution in [3.8, 4) is 6.07 Å². The van der Waals surface area contributed by atoms with Crippen molar-refractivity contribution in [3.63, 3.8) is 0 Å². The van der Waals surface area contributed by atoms with Crippen molar-refractivity contribution in [1.82, 2.24) is 9.88 Å². The molecule has 1 saturated heterocycles. The van der Waals surface area contributed by atoms with Crippen LogP contribution in [0, 0.1) is 22.2 Å². The van der Waals surface area contributed by atoms with Gasteiger partial charge in [-0.3, -0.25) is 9.59 Å². The fourth-order valence-electron chi connectivity index (χ4n) is 4.43. The van der Waals surface area contributed by atoms with Crippen LogP contribution in [0.3, 0.4) is 0 Å². The highest BCUT2D eigenvalue weighted by Crippen LogP contribution is 2.48. The molecule has 7 heteroatoms. The molecule has 2 aromatic rings. The predicted octanol–water partition coefficient (Wildman–Crippen LogP) is 4.23. The van der Waals surface area contributed by atoms with Gasteiger partial charge in [-0.25, -0.2) is 4.98 Å². The van der Waals surface area contributed by atoms with Gasteiger partial charge in [0, 0.05) is 23.9 Å². The lowest BCUT2D eigenvalue weighted by molar-refractivity contribution is -0.125. The molecule has 1 spiro atoms. The summed E-state index contributed by atoms with van der Waals surface area (Å²) < 4.78 is 1.30. The first kappa shape index (κ1) is 18.1. The molecule has 0 radical (unpaired) electrons. The van der Waals surface area contributed by atoms with Crippen LogP contribution in [-0.2, 0) is 4.79 Å². The number of hydrogen-bond donors (Lipinski definition) is 0. The van der Waals surface area contributed by atoms with Gasteiger partial charge >= 0.3 is 0 Å². The highest BCUT2D eigenvalue weighted by atomic mass is 35.5. The fraction of sp³-hybridized carbons (Fsp3) is 0.400. The number of halogens is 1. The lowest BCUT2D eigenvalue weighted by Gasteiger charge is -2.38. The van der Waals surface area contributed by atoms with Crippen molar-refractivity contribution in [2.75, 3.05) is 13.1 Å². The topological polar surface area (TPSA) is 74.1 Å². The number of nitriles is 1. The van der Waals surface area contributed by atoms with Crippen LogP contribution in [0.5, 0.6) is 0 Å². The van der Waals surface area contributed by atoms with E-state index in [0.717, 1.165) is 11.1 Å². The Morgan fingerprint density at radius 1 is 1.41 bits per heavy atom. The highest BCUT2D eigenvalue weighted by Gasteiger charge is 2.49. The average Bonchev–Trinajstić information content (AvgIpc) is 3.19. The number of carbonyl (C=O) groups is 2. The Morgan fingerprint density at radius 3 is 2.93 bits per heavy atom. The molecule has 4 rings (SSSR count). The maximum absolute atomic E-state index is 13.2. The van der Waals surface area contributed by atoms with Crippen molar-refractivity contribution in [3.05, 3.63) is 39.9 Å². The standard InChI is InChI=1S/C20H18ClN3O2S/c1-19(2)10-20(8-12(9-22)16(19)25)6-7-24(11-20)17(26)13-4-3-5-14-15(13)23-18(21)27-14/h3-5,8H,6-7,10-11H2,1-2H3/t20-/m1/s1. The Labute approximate surface area is 166 Å². The van der Waals surface area contributed by atoms with Crippen molar-refractivity contribution in [1.29, 1.82) is 5.26 Å². The third-order valence-corrected chi connectivity index (χ3v) is 6.65. The maximum Gasteiger partial charge on any atom is 0.256 e. The minimum absolute atomic E-state index is 0.0824. The van der Waals surface area contributed by atoms with Gasteiger partial charge in [0.25, 0.3) is 5.91 Å². The van der Waals surface area contributed by atoms with Crippen LogP contribution >= 0.6 is 22.9 Å². The third-order valence-electron chi connectivity index (χ3n) is 5.52. The van der Waals surface area contributed by atoms with E-state index < -0.39 is 5.41 Å². The van der Waals surface area contributed by atoms with Gasteiger partial charge in [0.05, 0.1) is 21.4 Å². The number of ketones is 1. The maximum atomic E-state index is 13.2. The number of hydrogen-bond acceptors (Lipinski definition) is 5. The number of aromatic nitrogens is 1. The molecule has 5 nitrogen and oxygen atoms in total. The second kappa shape index (κ2) is 6.15. The number of thiazole rings is 1. The molecule has 1 amide bonds. The SMILES string of the molecule is CC1(C)C[C@]2(C=C(C#N)C1=O)CCN(C(=O)c1cccc3sc(Cl)nc13)C2. The summed E-state index contributed by atoms with van der Waals surface area (Å²) in [7, 11) is 0. The number of Topliss-reactive ketones (excluding diaryl/α,β-unsaturated/α-hetero) is 1. The van der Waals surface area contributed by atoms with Crippen molar-refractivity contribution in [2.45, 2.75) is 26.7 Å².